The fourth-order valence-electron chi connectivity index (χ4n) is 2.81. The average Bonchev–Trinajstić information content (AvgIpc) is 2.55. The van der Waals surface area contributed by atoms with Gasteiger partial charge in [-0.1, -0.05) is 15.9 Å². The van der Waals surface area contributed by atoms with Gasteiger partial charge in [-0.2, -0.15) is 0 Å². The second kappa shape index (κ2) is 7.40. The Morgan fingerprint density at radius 3 is 2.77 bits per heavy atom. The third-order valence-corrected chi connectivity index (χ3v) is 4.54. The molecule has 0 bridgehead atoms. The van der Waals surface area contributed by atoms with E-state index in [1.54, 1.807) is 7.11 Å². The summed E-state index contributed by atoms with van der Waals surface area (Å²) in [6.45, 7) is 3.34. The van der Waals surface area contributed by atoms with E-state index in [0.29, 0.717) is 19.3 Å². The van der Waals surface area contributed by atoms with E-state index in [1.165, 1.54) is 0 Å². The smallest absolute Gasteiger partial charge is 0.129 e. The Hall–Kier alpha value is -1.17. The summed E-state index contributed by atoms with van der Waals surface area (Å²) in [7, 11) is 1.70. The van der Waals surface area contributed by atoms with Crippen LogP contribution in [0.5, 0.6) is 0 Å². The van der Waals surface area contributed by atoms with Crippen molar-refractivity contribution < 1.29 is 9.47 Å². The van der Waals surface area contributed by atoms with E-state index in [4.69, 9.17) is 14.5 Å². The first-order valence-corrected chi connectivity index (χ1v) is 8.47. The Labute approximate surface area is 139 Å². The molecule has 0 amide bonds. The number of nitrogens with zero attached hydrogens (tertiary/aromatic N) is 2. The molecule has 1 aliphatic rings. The summed E-state index contributed by atoms with van der Waals surface area (Å²) >= 11 is 3.50. The van der Waals surface area contributed by atoms with Crippen molar-refractivity contribution in [1.29, 1.82) is 0 Å². The molecule has 5 heteroatoms. The second-order valence-electron chi connectivity index (χ2n) is 5.56. The molecule has 0 unspecified atom stereocenters. The number of piperidine rings is 1. The van der Waals surface area contributed by atoms with Gasteiger partial charge in [0.25, 0.3) is 0 Å². The van der Waals surface area contributed by atoms with Crippen LogP contribution in [-0.4, -0.2) is 44.5 Å². The number of fused-ring (bicyclic) bond motifs is 1. The molecule has 1 fully saturated rings. The van der Waals surface area contributed by atoms with Crippen molar-refractivity contribution in [1.82, 2.24) is 4.98 Å². The maximum Gasteiger partial charge on any atom is 0.129 e. The maximum absolute atomic E-state index is 5.81. The lowest BCUT2D eigenvalue weighted by Crippen LogP contribution is -2.37. The molecule has 0 saturated carbocycles. The highest BCUT2D eigenvalue weighted by Gasteiger charge is 2.20. The minimum Gasteiger partial charge on any atom is -0.382 e. The molecule has 0 atom stereocenters. The van der Waals surface area contributed by atoms with Gasteiger partial charge in [0.15, 0.2) is 0 Å². The first-order chi connectivity index (χ1) is 10.8. The first-order valence-electron chi connectivity index (χ1n) is 7.68. The monoisotopic (exact) mass is 364 g/mol. The Kier molecular flexibility index (Phi) is 5.28. The molecule has 2 heterocycles. The van der Waals surface area contributed by atoms with Crippen LogP contribution in [0, 0.1) is 0 Å². The number of hydrogen-bond donors (Lipinski definition) is 0. The third-order valence-electron chi connectivity index (χ3n) is 4.04. The highest BCUT2D eigenvalue weighted by molar-refractivity contribution is 9.10. The van der Waals surface area contributed by atoms with Gasteiger partial charge >= 0.3 is 0 Å². The van der Waals surface area contributed by atoms with E-state index in [-0.39, 0.29) is 0 Å². The number of aromatic nitrogens is 1. The number of ether oxygens (including phenoxy) is 2. The summed E-state index contributed by atoms with van der Waals surface area (Å²) in [4.78, 5) is 7.13. The lowest BCUT2D eigenvalue weighted by Gasteiger charge is -2.32. The van der Waals surface area contributed by atoms with Gasteiger partial charge < -0.3 is 14.4 Å². The van der Waals surface area contributed by atoms with Crippen molar-refractivity contribution in [2.75, 3.05) is 38.3 Å². The topological polar surface area (TPSA) is 34.6 Å². The van der Waals surface area contributed by atoms with Crippen LogP contribution in [0.1, 0.15) is 12.8 Å². The van der Waals surface area contributed by atoms with Crippen LogP contribution in [0.15, 0.2) is 34.8 Å². The molecular formula is C17H21BrN2O2. The van der Waals surface area contributed by atoms with Crippen molar-refractivity contribution in [2.45, 2.75) is 18.9 Å². The lowest BCUT2D eigenvalue weighted by molar-refractivity contribution is 0.00605. The largest absolute Gasteiger partial charge is 0.382 e. The zero-order chi connectivity index (χ0) is 15.4. The molecule has 0 radical (unpaired) electrons. The molecule has 2 aromatic rings. The fourth-order valence-corrected chi connectivity index (χ4v) is 3.19. The van der Waals surface area contributed by atoms with E-state index >= 15 is 0 Å². The number of rotatable bonds is 5. The molecule has 0 N–H and O–H groups in total. The Morgan fingerprint density at radius 2 is 2.00 bits per heavy atom. The average molecular weight is 365 g/mol. The fraction of sp³-hybridized carbons (Fsp3) is 0.471. The van der Waals surface area contributed by atoms with Crippen LogP contribution in [0.4, 0.5) is 5.82 Å². The van der Waals surface area contributed by atoms with Gasteiger partial charge in [-0.3, -0.25) is 0 Å². The summed E-state index contributed by atoms with van der Waals surface area (Å²) in [6, 6.07) is 10.4. The zero-order valence-corrected chi connectivity index (χ0v) is 14.4. The number of anilines is 1. The van der Waals surface area contributed by atoms with Gasteiger partial charge in [0.2, 0.25) is 0 Å². The predicted octanol–water partition coefficient (Wildman–Crippen LogP) is 3.63. The van der Waals surface area contributed by atoms with Crippen molar-refractivity contribution in [3.63, 3.8) is 0 Å². The number of hydrogen-bond acceptors (Lipinski definition) is 4. The highest BCUT2D eigenvalue weighted by atomic mass is 79.9. The standard InChI is InChI=1S/C17H21BrN2O2/c1-21-10-11-22-15-6-8-20(9-7-15)17-5-2-13-12-14(18)3-4-16(13)19-17/h2-5,12,15H,6-11H2,1H3. The first kappa shape index (κ1) is 15.7. The summed E-state index contributed by atoms with van der Waals surface area (Å²) in [5.74, 6) is 1.06. The maximum atomic E-state index is 5.81. The van der Waals surface area contributed by atoms with Gasteiger partial charge in [0.1, 0.15) is 5.82 Å². The van der Waals surface area contributed by atoms with Crippen molar-refractivity contribution >= 4 is 32.7 Å². The van der Waals surface area contributed by atoms with Gasteiger partial charge in [-0.05, 0) is 43.2 Å². The minimum atomic E-state index is 0.350. The van der Waals surface area contributed by atoms with Crippen molar-refractivity contribution in [3.8, 4) is 0 Å². The Morgan fingerprint density at radius 1 is 1.18 bits per heavy atom. The van der Waals surface area contributed by atoms with Crippen LogP contribution in [0.25, 0.3) is 10.9 Å². The molecule has 1 saturated heterocycles. The molecule has 4 nitrogen and oxygen atoms in total. The molecule has 118 valence electrons. The minimum absolute atomic E-state index is 0.350. The Bertz CT molecular complexity index is 627. The van der Waals surface area contributed by atoms with Crippen LogP contribution in [0.3, 0.4) is 0 Å². The van der Waals surface area contributed by atoms with Crippen LogP contribution < -0.4 is 4.90 Å². The summed E-state index contributed by atoms with van der Waals surface area (Å²) < 4.78 is 11.9. The van der Waals surface area contributed by atoms with Crippen LogP contribution in [0.2, 0.25) is 0 Å². The van der Waals surface area contributed by atoms with Gasteiger partial charge in [-0.25, -0.2) is 4.98 Å². The number of methoxy groups -OCH3 is 1. The molecule has 1 aliphatic heterocycles. The van der Waals surface area contributed by atoms with Gasteiger partial charge in [0, 0.05) is 30.1 Å². The lowest BCUT2D eigenvalue weighted by atomic mass is 10.1. The normalized spacial score (nSPS) is 16.4. The van der Waals surface area contributed by atoms with E-state index in [9.17, 15) is 0 Å². The van der Waals surface area contributed by atoms with Crippen molar-refractivity contribution in [2.24, 2.45) is 0 Å². The number of benzene rings is 1. The molecule has 0 spiro atoms. The Balaban J connectivity index is 1.62. The van der Waals surface area contributed by atoms with Gasteiger partial charge in [0.05, 0.1) is 24.8 Å². The zero-order valence-electron chi connectivity index (χ0n) is 12.8. The van der Waals surface area contributed by atoms with Crippen molar-refractivity contribution in [3.05, 3.63) is 34.8 Å². The summed E-state index contributed by atoms with van der Waals surface area (Å²) in [5, 5.41) is 1.16. The quantitative estimate of drug-likeness (QED) is 0.758. The van der Waals surface area contributed by atoms with Gasteiger partial charge in [-0.15, -0.1) is 0 Å². The number of pyridine rings is 1. The van der Waals surface area contributed by atoms with E-state index < -0.39 is 0 Å². The predicted molar refractivity (Wildman–Crippen MR) is 92.5 cm³/mol. The second-order valence-corrected chi connectivity index (χ2v) is 6.47. The van der Waals surface area contributed by atoms with Crippen LogP contribution >= 0.6 is 15.9 Å². The summed E-state index contributed by atoms with van der Waals surface area (Å²) in [5.41, 5.74) is 1.04. The SMILES string of the molecule is COCCOC1CCN(c2ccc3cc(Br)ccc3n2)CC1. The van der Waals surface area contributed by atoms with E-state index in [0.717, 1.165) is 47.1 Å². The summed E-state index contributed by atoms with van der Waals surface area (Å²) in [6.07, 6.45) is 2.44. The molecule has 1 aromatic carbocycles. The molecule has 1 aromatic heterocycles. The van der Waals surface area contributed by atoms with E-state index in [1.807, 2.05) is 6.07 Å². The third kappa shape index (κ3) is 3.77. The molecule has 22 heavy (non-hydrogen) atoms. The molecular weight excluding hydrogens is 344 g/mol. The number of halogens is 1. The molecule has 3 rings (SSSR count). The van der Waals surface area contributed by atoms with E-state index in [2.05, 4.69) is 45.1 Å². The highest BCUT2D eigenvalue weighted by Crippen LogP contribution is 2.24. The molecule has 0 aliphatic carbocycles. The van der Waals surface area contributed by atoms with Crippen LogP contribution in [-0.2, 0) is 9.47 Å².